The summed E-state index contributed by atoms with van der Waals surface area (Å²) in [5, 5.41) is 17.7. The molecule has 1 aromatic carbocycles. The maximum Gasteiger partial charge on any atom is 0.222 e. The molecule has 0 saturated heterocycles. The van der Waals surface area contributed by atoms with Gasteiger partial charge in [-0.25, -0.2) is 0 Å². The van der Waals surface area contributed by atoms with Crippen molar-refractivity contribution in [2.24, 2.45) is 0 Å². The predicted molar refractivity (Wildman–Crippen MR) is 78.9 cm³/mol. The number of hydrogen-bond donors (Lipinski definition) is 2. The molecule has 1 aromatic heterocycles. The van der Waals surface area contributed by atoms with E-state index in [1.807, 2.05) is 18.2 Å². The topological polar surface area (TPSA) is 75.2 Å². The molecule has 2 aliphatic rings. The van der Waals surface area contributed by atoms with E-state index < -0.39 is 0 Å². The van der Waals surface area contributed by atoms with Crippen molar-refractivity contribution in [1.29, 1.82) is 0 Å². The van der Waals surface area contributed by atoms with Crippen LogP contribution in [0.4, 0.5) is 0 Å². The lowest BCUT2D eigenvalue weighted by Gasteiger charge is -2.05. The molecule has 0 amide bonds. The average molecular weight is 278 g/mol. The summed E-state index contributed by atoms with van der Waals surface area (Å²) in [6.07, 6.45) is 0. The van der Waals surface area contributed by atoms with E-state index in [4.69, 9.17) is 0 Å². The van der Waals surface area contributed by atoms with Crippen LogP contribution in [0, 0.1) is 6.92 Å². The minimum atomic E-state index is 0.581. The summed E-state index contributed by atoms with van der Waals surface area (Å²) in [4.78, 5) is 0. The van der Waals surface area contributed by atoms with Crippen LogP contribution >= 0.6 is 0 Å². The zero-order valence-corrected chi connectivity index (χ0v) is 11.5. The standard InChI is InChI=1S/C15H14N6/c1-10-7-12-13(8-10)21(9-11-5-3-2-4-6-11)18-14(12)15-16-19-20-17-15/h2-8,18H,9H2,1H3,(H,16,17,19,20). The van der Waals surface area contributed by atoms with E-state index in [9.17, 15) is 0 Å². The Bertz CT molecular complexity index is 825. The van der Waals surface area contributed by atoms with Gasteiger partial charge in [-0.15, -0.1) is 10.2 Å². The molecule has 0 atom stereocenters. The van der Waals surface area contributed by atoms with Crippen LogP contribution in [-0.4, -0.2) is 30.4 Å². The second kappa shape index (κ2) is 4.59. The van der Waals surface area contributed by atoms with Gasteiger partial charge in [0.2, 0.25) is 5.82 Å². The van der Waals surface area contributed by atoms with E-state index in [0.29, 0.717) is 5.82 Å². The fourth-order valence-electron chi connectivity index (χ4n) is 2.64. The molecule has 0 spiro atoms. The lowest BCUT2D eigenvalue weighted by Crippen LogP contribution is -2.02. The summed E-state index contributed by atoms with van der Waals surface area (Å²) in [6.45, 7) is 2.87. The molecule has 2 heterocycles. The Morgan fingerprint density at radius 2 is 2.00 bits per heavy atom. The van der Waals surface area contributed by atoms with Gasteiger partial charge in [-0.05, 0) is 35.4 Å². The normalized spacial score (nSPS) is 11.3. The van der Waals surface area contributed by atoms with Gasteiger partial charge >= 0.3 is 0 Å². The molecule has 1 aliphatic carbocycles. The van der Waals surface area contributed by atoms with Crippen LogP contribution in [0.15, 0.2) is 42.5 Å². The van der Waals surface area contributed by atoms with E-state index >= 15 is 0 Å². The van der Waals surface area contributed by atoms with Crippen molar-refractivity contribution < 1.29 is 0 Å². The van der Waals surface area contributed by atoms with Gasteiger partial charge in [-0.2, -0.15) is 5.21 Å². The fourth-order valence-corrected chi connectivity index (χ4v) is 2.64. The van der Waals surface area contributed by atoms with Crippen molar-refractivity contribution in [3.05, 3.63) is 53.6 Å². The van der Waals surface area contributed by atoms with Crippen LogP contribution in [0.2, 0.25) is 0 Å². The maximum atomic E-state index is 4.07. The number of tetrazole rings is 1. The first-order valence-corrected chi connectivity index (χ1v) is 6.78. The van der Waals surface area contributed by atoms with E-state index in [0.717, 1.165) is 23.5 Å². The third-order valence-corrected chi connectivity index (χ3v) is 3.57. The average Bonchev–Trinajstić information content (AvgIpc) is 3.18. The van der Waals surface area contributed by atoms with Crippen molar-refractivity contribution in [2.75, 3.05) is 0 Å². The first-order chi connectivity index (χ1) is 10.3. The second-order valence-corrected chi connectivity index (χ2v) is 5.13. The van der Waals surface area contributed by atoms with E-state index in [-0.39, 0.29) is 0 Å². The molecule has 104 valence electrons. The Morgan fingerprint density at radius 1 is 1.14 bits per heavy atom. The Balaban J connectivity index is 1.82. The predicted octanol–water partition coefficient (Wildman–Crippen LogP) is 2.46. The molecule has 1 aliphatic heterocycles. The molecule has 0 fully saturated rings. The van der Waals surface area contributed by atoms with Crippen molar-refractivity contribution in [1.82, 2.24) is 30.4 Å². The number of aryl methyl sites for hydroxylation is 1. The number of fused-ring (bicyclic) bond motifs is 1. The summed E-state index contributed by atoms with van der Waals surface area (Å²) in [5.74, 6) is 0.581. The number of rotatable bonds is 3. The lowest BCUT2D eigenvalue weighted by molar-refractivity contribution is 0.698. The van der Waals surface area contributed by atoms with Crippen LogP contribution in [-0.2, 0) is 6.54 Å². The summed E-state index contributed by atoms with van der Waals surface area (Å²) in [5.41, 5.74) is 5.62. The molecular formula is C15H14N6. The Morgan fingerprint density at radius 3 is 2.76 bits per heavy atom. The minimum absolute atomic E-state index is 0.581. The number of aromatic amines is 2. The number of aromatic nitrogens is 6. The summed E-state index contributed by atoms with van der Waals surface area (Å²) < 4.78 is 2.11. The first-order valence-electron chi connectivity index (χ1n) is 6.78. The molecule has 2 N–H and O–H groups in total. The SMILES string of the molecule is Cc1cc2c(-c3nn[nH]n3)[nH]n(Cc3ccccc3)c-2c1. The number of nitrogens with one attached hydrogen (secondary N) is 2. The van der Waals surface area contributed by atoms with Crippen LogP contribution < -0.4 is 0 Å². The molecule has 0 saturated carbocycles. The quantitative estimate of drug-likeness (QED) is 0.604. The fraction of sp³-hybridized carbons (Fsp3) is 0.133. The first kappa shape index (κ1) is 11.9. The Kier molecular flexibility index (Phi) is 2.60. The molecule has 0 radical (unpaired) electrons. The molecule has 6 nitrogen and oxygen atoms in total. The highest BCUT2D eigenvalue weighted by Crippen LogP contribution is 2.34. The van der Waals surface area contributed by atoms with E-state index in [1.165, 1.54) is 11.1 Å². The van der Waals surface area contributed by atoms with Gasteiger partial charge in [0.15, 0.2) is 0 Å². The van der Waals surface area contributed by atoms with Gasteiger partial charge in [-0.3, -0.25) is 9.78 Å². The van der Waals surface area contributed by atoms with Gasteiger partial charge in [0.25, 0.3) is 0 Å². The minimum Gasteiger partial charge on any atom is -0.294 e. The van der Waals surface area contributed by atoms with E-state index in [2.05, 4.69) is 61.6 Å². The van der Waals surface area contributed by atoms with E-state index in [1.54, 1.807) is 0 Å². The third-order valence-electron chi connectivity index (χ3n) is 3.57. The molecule has 4 rings (SSSR count). The highest BCUT2D eigenvalue weighted by atomic mass is 15.5. The zero-order chi connectivity index (χ0) is 14.2. The van der Waals surface area contributed by atoms with Crippen molar-refractivity contribution in [2.45, 2.75) is 13.5 Å². The Labute approximate surface area is 121 Å². The molecule has 2 aromatic rings. The van der Waals surface area contributed by atoms with Gasteiger partial charge in [0.05, 0.1) is 12.2 Å². The lowest BCUT2D eigenvalue weighted by atomic mass is 10.2. The second-order valence-electron chi connectivity index (χ2n) is 5.13. The molecular weight excluding hydrogens is 264 g/mol. The molecule has 0 bridgehead atoms. The van der Waals surface area contributed by atoms with Gasteiger partial charge < -0.3 is 0 Å². The number of hydrogen-bond acceptors (Lipinski definition) is 3. The highest BCUT2D eigenvalue weighted by molar-refractivity contribution is 5.79. The smallest absolute Gasteiger partial charge is 0.222 e. The number of H-pyrrole nitrogens is 2. The third kappa shape index (κ3) is 2.01. The van der Waals surface area contributed by atoms with Gasteiger partial charge in [-0.1, -0.05) is 30.3 Å². The van der Waals surface area contributed by atoms with Crippen LogP contribution in [0.25, 0.3) is 22.8 Å². The van der Waals surface area contributed by atoms with Crippen molar-refractivity contribution >= 4 is 0 Å². The number of benzene rings is 1. The van der Waals surface area contributed by atoms with Crippen LogP contribution in [0.1, 0.15) is 11.1 Å². The highest BCUT2D eigenvalue weighted by Gasteiger charge is 2.20. The monoisotopic (exact) mass is 278 g/mol. The number of nitrogens with zero attached hydrogens (tertiary/aromatic N) is 4. The van der Waals surface area contributed by atoms with Gasteiger partial charge in [0, 0.05) is 5.56 Å². The largest absolute Gasteiger partial charge is 0.294 e. The Hall–Kier alpha value is -2.89. The maximum absolute atomic E-state index is 4.07. The van der Waals surface area contributed by atoms with Crippen molar-refractivity contribution in [3.63, 3.8) is 0 Å². The van der Waals surface area contributed by atoms with Crippen LogP contribution in [0.5, 0.6) is 0 Å². The zero-order valence-electron chi connectivity index (χ0n) is 11.5. The summed E-state index contributed by atoms with van der Waals surface area (Å²) >= 11 is 0. The molecule has 0 unspecified atom stereocenters. The molecule has 21 heavy (non-hydrogen) atoms. The molecule has 6 heteroatoms. The van der Waals surface area contributed by atoms with Crippen LogP contribution in [0.3, 0.4) is 0 Å². The summed E-state index contributed by atoms with van der Waals surface area (Å²) in [7, 11) is 0. The van der Waals surface area contributed by atoms with Gasteiger partial charge in [0.1, 0.15) is 5.69 Å². The summed E-state index contributed by atoms with van der Waals surface area (Å²) in [6, 6.07) is 14.7. The van der Waals surface area contributed by atoms with Crippen molar-refractivity contribution in [3.8, 4) is 22.8 Å².